The zero-order valence-electron chi connectivity index (χ0n) is 25.3. The smallest absolute Gasteiger partial charge is 0.250 e. The fourth-order valence-corrected chi connectivity index (χ4v) is 5.16. The van der Waals surface area contributed by atoms with Gasteiger partial charge in [-0.1, -0.05) is 69.3 Å². The number of methoxy groups -OCH3 is 1. The SMILES string of the molecule is COCC(=O)Nc1cc(-c2cccc(CN(Cc3cccc(CN)c3)C(=O)CC(C)(C)C)c2)ccc1N1CCOCC1. The van der Waals surface area contributed by atoms with Crippen LogP contribution in [-0.4, -0.2) is 56.7 Å². The van der Waals surface area contributed by atoms with Crippen molar-refractivity contribution < 1.29 is 19.1 Å². The van der Waals surface area contributed by atoms with E-state index in [4.69, 9.17) is 15.2 Å². The van der Waals surface area contributed by atoms with E-state index in [1.807, 2.05) is 35.2 Å². The molecule has 3 aromatic carbocycles. The van der Waals surface area contributed by atoms with Crippen molar-refractivity contribution in [2.24, 2.45) is 11.1 Å². The number of benzene rings is 3. The minimum Gasteiger partial charge on any atom is -0.378 e. The second-order valence-electron chi connectivity index (χ2n) is 12.0. The van der Waals surface area contributed by atoms with Crippen molar-refractivity contribution in [2.45, 2.75) is 46.8 Å². The van der Waals surface area contributed by atoms with Crippen LogP contribution >= 0.6 is 0 Å². The van der Waals surface area contributed by atoms with Crippen molar-refractivity contribution in [3.05, 3.63) is 83.4 Å². The molecule has 4 rings (SSSR count). The molecule has 0 atom stereocenters. The van der Waals surface area contributed by atoms with E-state index in [1.54, 1.807) is 0 Å². The number of hydrogen-bond acceptors (Lipinski definition) is 6. The van der Waals surface area contributed by atoms with E-state index in [1.165, 1.54) is 7.11 Å². The van der Waals surface area contributed by atoms with E-state index in [0.29, 0.717) is 39.3 Å². The summed E-state index contributed by atoms with van der Waals surface area (Å²) in [6.07, 6.45) is 0.455. The highest BCUT2D eigenvalue weighted by Crippen LogP contribution is 2.33. The molecule has 2 amide bonds. The molecule has 42 heavy (non-hydrogen) atoms. The van der Waals surface area contributed by atoms with Crippen LogP contribution in [0, 0.1) is 5.41 Å². The van der Waals surface area contributed by atoms with Gasteiger partial charge in [-0.3, -0.25) is 9.59 Å². The van der Waals surface area contributed by atoms with Crippen molar-refractivity contribution in [1.29, 1.82) is 0 Å². The Hall–Kier alpha value is -3.72. The normalized spacial score (nSPS) is 13.6. The van der Waals surface area contributed by atoms with E-state index in [0.717, 1.165) is 52.3 Å². The third-order valence-electron chi connectivity index (χ3n) is 7.17. The highest BCUT2D eigenvalue weighted by molar-refractivity contribution is 5.96. The summed E-state index contributed by atoms with van der Waals surface area (Å²) in [6.45, 7) is 10.5. The van der Waals surface area contributed by atoms with Gasteiger partial charge in [0, 0.05) is 46.3 Å². The number of anilines is 2. The number of carbonyl (C=O) groups is 2. The maximum Gasteiger partial charge on any atom is 0.250 e. The maximum absolute atomic E-state index is 13.5. The zero-order chi connectivity index (χ0) is 30.1. The summed E-state index contributed by atoms with van der Waals surface area (Å²) in [7, 11) is 1.51. The molecule has 0 aromatic heterocycles. The van der Waals surface area contributed by atoms with Gasteiger partial charge in [0.1, 0.15) is 6.61 Å². The lowest BCUT2D eigenvalue weighted by Crippen LogP contribution is -2.36. The summed E-state index contributed by atoms with van der Waals surface area (Å²) in [6, 6.07) is 22.5. The standard InChI is InChI=1S/C34H44N4O4/c1-34(2,3)20-33(40)38(22-26-8-5-7-25(17-26)21-35)23-27-9-6-10-28(18-27)29-11-12-31(37-13-15-42-16-14-37)30(19-29)36-32(39)24-41-4/h5-12,17-19H,13-16,20-24,35H2,1-4H3,(H,36,39). The van der Waals surface area contributed by atoms with E-state index in [9.17, 15) is 9.59 Å². The Morgan fingerprint density at radius 2 is 1.57 bits per heavy atom. The Labute approximate surface area is 249 Å². The Kier molecular flexibility index (Phi) is 10.7. The minimum atomic E-state index is -0.204. The first-order chi connectivity index (χ1) is 20.1. The zero-order valence-corrected chi connectivity index (χ0v) is 25.3. The van der Waals surface area contributed by atoms with Gasteiger partial charge in [-0.2, -0.15) is 0 Å². The maximum atomic E-state index is 13.5. The van der Waals surface area contributed by atoms with Crippen LogP contribution in [0.15, 0.2) is 66.7 Å². The third-order valence-corrected chi connectivity index (χ3v) is 7.17. The van der Waals surface area contributed by atoms with E-state index >= 15 is 0 Å². The van der Waals surface area contributed by atoms with E-state index < -0.39 is 0 Å². The Morgan fingerprint density at radius 3 is 2.24 bits per heavy atom. The summed E-state index contributed by atoms with van der Waals surface area (Å²) in [5.41, 5.74) is 12.6. The molecule has 3 N–H and O–H groups in total. The molecule has 1 aliphatic heterocycles. The predicted octanol–water partition coefficient (Wildman–Crippen LogP) is 5.20. The van der Waals surface area contributed by atoms with Gasteiger partial charge in [0.25, 0.3) is 0 Å². The lowest BCUT2D eigenvalue weighted by Gasteiger charge is -2.31. The van der Waals surface area contributed by atoms with Gasteiger partial charge in [-0.15, -0.1) is 0 Å². The van der Waals surface area contributed by atoms with Gasteiger partial charge in [-0.05, 0) is 51.4 Å². The average Bonchev–Trinajstić information content (AvgIpc) is 2.97. The van der Waals surface area contributed by atoms with Crippen LogP contribution in [0.2, 0.25) is 0 Å². The summed E-state index contributed by atoms with van der Waals surface area (Å²) in [4.78, 5) is 30.2. The van der Waals surface area contributed by atoms with Crippen LogP contribution < -0.4 is 16.0 Å². The molecule has 0 radical (unpaired) electrons. The molecule has 0 saturated carbocycles. The number of nitrogens with one attached hydrogen (secondary N) is 1. The summed E-state index contributed by atoms with van der Waals surface area (Å²) < 4.78 is 10.6. The molecule has 0 bridgehead atoms. The number of amides is 2. The van der Waals surface area contributed by atoms with Crippen LogP contribution in [0.4, 0.5) is 11.4 Å². The van der Waals surface area contributed by atoms with Crippen LogP contribution in [0.3, 0.4) is 0 Å². The van der Waals surface area contributed by atoms with E-state index in [2.05, 4.69) is 67.4 Å². The minimum absolute atomic E-state index is 0.0190. The highest BCUT2D eigenvalue weighted by atomic mass is 16.5. The predicted molar refractivity (Wildman–Crippen MR) is 168 cm³/mol. The van der Waals surface area contributed by atoms with Crippen molar-refractivity contribution in [1.82, 2.24) is 4.90 Å². The topological polar surface area (TPSA) is 97.1 Å². The molecule has 8 nitrogen and oxygen atoms in total. The average molecular weight is 573 g/mol. The van der Waals surface area contributed by atoms with Gasteiger partial charge >= 0.3 is 0 Å². The fourth-order valence-electron chi connectivity index (χ4n) is 5.16. The van der Waals surface area contributed by atoms with Crippen LogP contribution in [0.1, 0.15) is 43.9 Å². The number of nitrogens with zero attached hydrogens (tertiary/aromatic N) is 2. The third kappa shape index (κ3) is 8.89. The molecular formula is C34H44N4O4. The molecular weight excluding hydrogens is 528 g/mol. The molecule has 0 unspecified atom stereocenters. The fraction of sp³-hybridized carbons (Fsp3) is 0.412. The van der Waals surface area contributed by atoms with E-state index in [-0.39, 0.29) is 23.8 Å². The molecule has 0 aliphatic carbocycles. The van der Waals surface area contributed by atoms with Crippen molar-refractivity contribution in [3.63, 3.8) is 0 Å². The Morgan fingerprint density at radius 1 is 0.929 bits per heavy atom. The number of rotatable bonds is 11. The van der Waals surface area contributed by atoms with Crippen molar-refractivity contribution in [2.75, 3.05) is 50.2 Å². The lowest BCUT2D eigenvalue weighted by atomic mass is 9.91. The van der Waals surface area contributed by atoms with Gasteiger partial charge in [0.2, 0.25) is 11.8 Å². The molecule has 0 spiro atoms. The monoisotopic (exact) mass is 572 g/mol. The molecule has 1 fully saturated rings. The highest BCUT2D eigenvalue weighted by Gasteiger charge is 2.22. The largest absolute Gasteiger partial charge is 0.378 e. The van der Waals surface area contributed by atoms with Crippen molar-refractivity contribution in [3.8, 4) is 11.1 Å². The first-order valence-corrected chi connectivity index (χ1v) is 14.6. The second-order valence-corrected chi connectivity index (χ2v) is 12.0. The molecule has 1 heterocycles. The van der Waals surface area contributed by atoms with Crippen LogP contribution in [0.5, 0.6) is 0 Å². The number of morpholine rings is 1. The second kappa shape index (κ2) is 14.4. The van der Waals surface area contributed by atoms with Crippen molar-refractivity contribution >= 4 is 23.2 Å². The number of nitrogens with two attached hydrogens (primary N) is 1. The molecule has 1 aliphatic rings. The summed E-state index contributed by atoms with van der Waals surface area (Å²) in [5.74, 6) is -0.0892. The molecule has 1 saturated heterocycles. The van der Waals surface area contributed by atoms with Gasteiger partial charge in [0.15, 0.2) is 0 Å². The van der Waals surface area contributed by atoms with Gasteiger partial charge in [0.05, 0.1) is 24.6 Å². The quantitative estimate of drug-likeness (QED) is 0.328. The first kappa shape index (κ1) is 31.2. The van der Waals surface area contributed by atoms with Crippen LogP contribution in [-0.2, 0) is 38.7 Å². The number of ether oxygens (including phenoxy) is 2. The lowest BCUT2D eigenvalue weighted by molar-refractivity contribution is -0.134. The molecule has 3 aromatic rings. The van der Waals surface area contributed by atoms with Crippen LogP contribution in [0.25, 0.3) is 11.1 Å². The Balaban J connectivity index is 1.62. The van der Waals surface area contributed by atoms with Gasteiger partial charge in [-0.25, -0.2) is 0 Å². The number of hydrogen-bond donors (Lipinski definition) is 2. The molecule has 224 valence electrons. The first-order valence-electron chi connectivity index (χ1n) is 14.6. The molecule has 8 heteroatoms. The Bertz CT molecular complexity index is 1360. The number of carbonyl (C=O) groups excluding carboxylic acids is 2. The summed E-state index contributed by atoms with van der Waals surface area (Å²) >= 11 is 0. The van der Waals surface area contributed by atoms with Gasteiger partial charge < -0.3 is 30.3 Å². The summed E-state index contributed by atoms with van der Waals surface area (Å²) in [5, 5.41) is 3.03.